The van der Waals surface area contributed by atoms with Crippen LogP contribution < -0.4 is 10.5 Å². The number of rotatable bonds is 2. The van der Waals surface area contributed by atoms with Crippen molar-refractivity contribution in [1.82, 2.24) is 4.57 Å². The first-order valence-corrected chi connectivity index (χ1v) is 8.65. The Morgan fingerprint density at radius 3 is 2.46 bits per heavy atom. The van der Waals surface area contributed by atoms with Crippen molar-refractivity contribution >= 4 is 16.5 Å². The molecule has 0 spiro atoms. The quantitative estimate of drug-likeness (QED) is 0.717. The van der Waals surface area contributed by atoms with Crippen LogP contribution in [-0.2, 0) is 11.8 Å². The van der Waals surface area contributed by atoms with E-state index in [0.717, 1.165) is 35.3 Å². The Kier molecular flexibility index (Phi) is 4.19. The number of anilines is 1. The van der Waals surface area contributed by atoms with Crippen LogP contribution in [-0.4, -0.2) is 30.9 Å². The van der Waals surface area contributed by atoms with E-state index >= 15 is 0 Å². The molecule has 130 valence electrons. The Balaban J connectivity index is 2.03. The van der Waals surface area contributed by atoms with Crippen LogP contribution in [0.3, 0.4) is 0 Å². The predicted octanol–water partition coefficient (Wildman–Crippen LogP) is 2.91. The van der Waals surface area contributed by atoms with Crippen molar-refractivity contribution in [3.05, 3.63) is 64.6 Å². The average Bonchev–Trinajstić information content (AvgIpc) is 2.71. The van der Waals surface area contributed by atoms with Crippen LogP contribution in [0.15, 0.2) is 53.3 Å². The Morgan fingerprint density at radius 2 is 1.77 bits per heavy atom. The van der Waals surface area contributed by atoms with Gasteiger partial charge >= 0.3 is 0 Å². The van der Waals surface area contributed by atoms with E-state index in [-0.39, 0.29) is 5.56 Å². The topological polar surface area (TPSA) is 58.3 Å². The van der Waals surface area contributed by atoms with Crippen molar-refractivity contribution in [3.8, 4) is 17.2 Å². The third kappa shape index (κ3) is 2.65. The number of nitriles is 1. The Morgan fingerprint density at radius 1 is 1.04 bits per heavy atom. The van der Waals surface area contributed by atoms with Crippen LogP contribution in [0.1, 0.15) is 5.69 Å². The van der Waals surface area contributed by atoms with E-state index in [9.17, 15) is 10.1 Å². The summed E-state index contributed by atoms with van der Waals surface area (Å²) < 4.78 is 6.88. The molecule has 3 aromatic rings. The number of morpholine rings is 1. The van der Waals surface area contributed by atoms with E-state index in [1.807, 2.05) is 48.5 Å². The van der Waals surface area contributed by atoms with Gasteiger partial charge in [0.15, 0.2) is 0 Å². The predicted molar refractivity (Wildman–Crippen MR) is 102 cm³/mol. The molecule has 0 amide bonds. The summed E-state index contributed by atoms with van der Waals surface area (Å²) in [6, 6.07) is 17.9. The molecule has 1 aliphatic rings. The average molecular weight is 345 g/mol. The first kappa shape index (κ1) is 16.4. The maximum absolute atomic E-state index is 12.8. The molecule has 1 aliphatic heterocycles. The van der Waals surface area contributed by atoms with Gasteiger partial charge < -0.3 is 14.2 Å². The van der Waals surface area contributed by atoms with Gasteiger partial charge in [0.05, 0.1) is 13.2 Å². The lowest BCUT2D eigenvalue weighted by Crippen LogP contribution is -2.36. The van der Waals surface area contributed by atoms with Crippen LogP contribution in [0, 0.1) is 11.3 Å². The van der Waals surface area contributed by atoms with Crippen LogP contribution in [0.2, 0.25) is 0 Å². The molecule has 1 saturated heterocycles. The molecule has 0 saturated carbocycles. The summed E-state index contributed by atoms with van der Waals surface area (Å²) in [5, 5.41) is 11.2. The highest BCUT2D eigenvalue weighted by molar-refractivity contribution is 6.00. The lowest BCUT2D eigenvalue weighted by Gasteiger charge is -2.29. The van der Waals surface area contributed by atoms with E-state index in [4.69, 9.17) is 4.74 Å². The number of nitrogens with zero attached hydrogens (tertiary/aromatic N) is 3. The second-order valence-corrected chi connectivity index (χ2v) is 6.39. The fourth-order valence-electron chi connectivity index (χ4n) is 3.55. The van der Waals surface area contributed by atoms with E-state index in [1.165, 1.54) is 4.57 Å². The first-order chi connectivity index (χ1) is 12.7. The number of aromatic nitrogens is 1. The fourth-order valence-corrected chi connectivity index (χ4v) is 3.55. The number of fused-ring (bicyclic) bond motifs is 1. The zero-order chi connectivity index (χ0) is 18.1. The van der Waals surface area contributed by atoms with E-state index < -0.39 is 0 Å². The molecule has 0 radical (unpaired) electrons. The highest BCUT2D eigenvalue weighted by Crippen LogP contribution is 2.32. The highest BCUT2D eigenvalue weighted by Gasteiger charge is 2.18. The van der Waals surface area contributed by atoms with Crippen molar-refractivity contribution in [1.29, 1.82) is 5.26 Å². The van der Waals surface area contributed by atoms with Crippen molar-refractivity contribution < 1.29 is 4.74 Å². The van der Waals surface area contributed by atoms with Crippen molar-refractivity contribution in [3.63, 3.8) is 0 Å². The van der Waals surface area contributed by atoms with E-state index in [0.29, 0.717) is 24.3 Å². The molecule has 4 rings (SSSR count). The number of benzene rings is 2. The van der Waals surface area contributed by atoms with Crippen LogP contribution >= 0.6 is 0 Å². The van der Waals surface area contributed by atoms with Crippen LogP contribution in [0.25, 0.3) is 21.9 Å². The molecule has 2 heterocycles. The molecule has 1 fully saturated rings. The summed E-state index contributed by atoms with van der Waals surface area (Å²) in [5.74, 6) is 0. The number of ether oxygens (including phenoxy) is 1. The minimum absolute atomic E-state index is 0.148. The lowest BCUT2D eigenvalue weighted by molar-refractivity contribution is 0.122. The Bertz CT molecular complexity index is 1060. The molecule has 0 N–H and O–H groups in total. The molecular weight excluding hydrogens is 326 g/mol. The molecule has 0 unspecified atom stereocenters. The molecular formula is C21H19N3O2. The van der Waals surface area contributed by atoms with Gasteiger partial charge in [-0.1, -0.05) is 30.3 Å². The van der Waals surface area contributed by atoms with Crippen LogP contribution in [0.4, 0.5) is 5.69 Å². The third-order valence-corrected chi connectivity index (χ3v) is 4.92. The largest absolute Gasteiger partial charge is 0.378 e. The van der Waals surface area contributed by atoms with Gasteiger partial charge in [-0.05, 0) is 29.1 Å². The van der Waals surface area contributed by atoms with Gasteiger partial charge in [-0.25, -0.2) is 0 Å². The molecule has 5 heteroatoms. The Labute approximate surface area is 151 Å². The number of pyridine rings is 1. The maximum atomic E-state index is 12.8. The molecule has 26 heavy (non-hydrogen) atoms. The molecule has 0 atom stereocenters. The summed E-state index contributed by atoms with van der Waals surface area (Å²) in [7, 11) is 1.66. The molecule has 1 aromatic heterocycles. The molecule has 0 bridgehead atoms. The van der Waals surface area contributed by atoms with Gasteiger partial charge in [0.25, 0.3) is 5.56 Å². The normalized spacial score (nSPS) is 14.4. The van der Waals surface area contributed by atoms with Crippen molar-refractivity contribution in [2.24, 2.45) is 7.05 Å². The second-order valence-electron chi connectivity index (χ2n) is 6.39. The zero-order valence-corrected chi connectivity index (χ0v) is 14.6. The Hall–Kier alpha value is -3.10. The van der Waals surface area contributed by atoms with Gasteiger partial charge in [-0.2, -0.15) is 5.26 Å². The summed E-state index contributed by atoms with van der Waals surface area (Å²) in [4.78, 5) is 15.0. The van der Waals surface area contributed by atoms with Gasteiger partial charge in [-0.15, -0.1) is 0 Å². The van der Waals surface area contributed by atoms with Crippen LogP contribution in [0.5, 0.6) is 0 Å². The summed E-state index contributed by atoms with van der Waals surface area (Å²) in [6.45, 7) is 3.04. The summed E-state index contributed by atoms with van der Waals surface area (Å²) in [5.41, 5.74) is 3.02. The summed E-state index contributed by atoms with van der Waals surface area (Å²) in [6.07, 6.45) is 0. The van der Waals surface area contributed by atoms with Gasteiger partial charge in [-0.3, -0.25) is 4.79 Å². The summed E-state index contributed by atoms with van der Waals surface area (Å²) >= 11 is 0. The first-order valence-electron chi connectivity index (χ1n) is 8.65. The SMILES string of the molecule is Cn1c(C#N)c(-c2ccccc2)c2cc(N3CCOCC3)ccc2c1=O. The van der Waals surface area contributed by atoms with Gasteiger partial charge in [0.1, 0.15) is 11.8 Å². The molecule has 0 aliphatic carbocycles. The standard InChI is InChI=1S/C21H19N3O2/c1-23-19(14-22)20(15-5-3-2-4-6-15)18-13-16(7-8-17(18)21(23)25)24-9-11-26-12-10-24/h2-8,13H,9-12H2,1H3. The van der Waals surface area contributed by atoms with E-state index in [2.05, 4.69) is 11.0 Å². The smallest absolute Gasteiger partial charge is 0.259 e. The fraction of sp³-hybridized carbons (Fsp3) is 0.238. The number of hydrogen-bond donors (Lipinski definition) is 0. The zero-order valence-electron chi connectivity index (χ0n) is 14.6. The molecule has 2 aromatic carbocycles. The maximum Gasteiger partial charge on any atom is 0.259 e. The van der Waals surface area contributed by atoms with E-state index in [1.54, 1.807) is 7.05 Å². The monoisotopic (exact) mass is 345 g/mol. The molecule has 5 nitrogen and oxygen atoms in total. The van der Waals surface area contributed by atoms with Crippen molar-refractivity contribution in [2.75, 3.05) is 31.2 Å². The van der Waals surface area contributed by atoms with Gasteiger partial charge in [0.2, 0.25) is 0 Å². The lowest BCUT2D eigenvalue weighted by atomic mass is 9.96. The second kappa shape index (κ2) is 6.66. The number of hydrogen-bond acceptors (Lipinski definition) is 4. The third-order valence-electron chi connectivity index (χ3n) is 4.92. The van der Waals surface area contributed by atoms with Crippen molar-refractivity contribution in [2.45, 2.75) is 0 Å². The minimum Gasteiger partial charge on any atom is -0.378 e. The highest BCUT2D eigenvalue weighted by atomic mass is 16.5. The van der Waals surface area contributed by atoms with Gasteiger partial charge in [0, 0.05) is 36.8 Å². The minimum atomic E-state index is -0.148.